The van der Waals surface area contributed by atoms with Crippen LogP contribution < -0.4 is 63.8 Å². The first kappa shape index (κ1) is 117. The van der Waals surface area contributed by atoms with Crippen molar-refractivity contribution in [2.45, 2.75) is 173 Å². The molecule has 0 bridgehead atoms. The van der Waals surface area contributed by atoms with Crippen LogP contribution in [0.2, 0.25) is 58.9 Å². The van der Waals surface area contributed by atoms with Crippen LogP contribution in [0.4, 0.5) is 0 Å². The van der Waals surface area contributed by atoms with Crippen LogP contribution in [0.25, 0.3) is 67.5 Å². The Kier molecular flexibility index (Phi) is 43.6. The van der Waals surface area contributed by atoms with E-state index in [0.29, 0.717) is 17.8 Å². The Hall–Kier alpha value is -11.3. The van der Waals surface area contributed by atoms with Crippen molar-refractivity contribution in [3.05, 3.63) is 469 Å². The van der Waals surface area contributed by atoms with Gasteiger partial charge in [-0.3, -0.25) is 0 Å². The van der Waals surface area contributed by atoms with Gasteiger partial charge in [0.1, 0.15) is 0 Å². The largest absolute Gasteiger partial charge is 0.310 e. The van der Waals surface area contributed by atoms with Gasteiger partial charge in [-0.15, -0.1) is 197 Å². The topological polar surface area (TPSA) is 111 Å². The summed E-state index contributed by atoms with van der Waals surface area (Å²) in [6.45, 7) is 48.8. The quantitative estimate of drug-likeness (QED) is 0.0334. The maximum Gasteiger partial charge on any atom is 0.224 e. The molecule has 751 valence electrons. The molecule has 146 heavy (non-hydrogen) atoms. The minimum atomic E-state index is -3.04. The van der Waals surface area contributed by atoms with Crippen molar-refractivity contribution in [3.8, 4) is 67.5 Å². The van der Waals surface area contributed by atoms with Crippen LogP contribution >= 0.6 is 14.3 Å². The molecule has 6 heterocycles. The van der Waals surface area contributed by atoms with Gasteiger partial charge in [-0.2, -0.15) is 5.46 Å². The summed E-state index contributed by atoms with van der Waals surface area (Å²) in [6.07, 6.45) is 14.9. The molecular formula is C129H135BIr3N6O2P2Si3-6. The molecule has 0 amide bonds. The monoisotopic (exact) mass is 2540 g/mol. The Morgan fingerprint density at radius 2 is 0.575 bits per heavy atom. The summed E-state index contributed by atoms with van der Waals surface area (Å²) in [5.74, 6) is 1.54. The average Bonchev–Trinajstić information content (AvgIpc) is 0.755. The van der Waals surface area contributed by atoms with Gasteiger partial charge < -0.3 is 39.0 Å². The molecule has 17 heteroatoms. The molecule has 0 saturated carbocycles. The molecule has 6 aromatic heterocycles. The van der Waals surface area contributed by atoms with Crippen molar-refractivity contribution in [2.75, 3.05) is 0 Å². The van der Waals surface area contributed by atoms with E-state index >= 15 is 0 Å². The van der Waals surface area contributed by atoms with Crippen LogP contribution in [-0.2, 0) is 75.9 Å². The van der Waals surface area contributed by atoms with E-state index in [0.717, 1.165) is 119 Å². The van der Waals surface area contributed by atoms with Gasteiger partial charge >= 0.3 is 0 Å². The smallest absolute Gasteiger partial charge is 0.224 e. The van der Waals surface area contributed by atoms with Gasteiger partial charge in [-0.25, -0.2) is 0 Å². The first-order chi connectivity index (χ1) is 68.6. The van der Waals surface area contributed by atoms with Crippen molar-refractivity contribution < 1.29 is 69.4 Å². The number of benzene rings is 12. The Balaban J connectivity index is 0.000000189. The van der Waals surface area contributed by atoms with Gasteiger partial charge in [-0.05, 0) is 146 Å². The molecule has 3 radical (unpaired) electrons. The van der Waals surface area contributed by atoms with Gasteiger partial charge in [0.15, 0.2) is 14.3 Å². The molecule has 2 unspecified atom stereocenters. The molecule has 0 spiro atoms. The molecule has 0 N–H and O–H groups in total. The van der Waals surface area contributed by atoms with Crippen LogP contribution in [0.3, 0.4) is 0 Å². The Labute approximate surface area is 916 Å². The van der Waals surface area contributed by atoms with E-state index in [9.17, 15) is 9.13 Å². The molecule has 18 aromatic rings. The maximum atomic E-state index is 14.8. The van der Waals surface area contributed by atoms with Crippen LogP contribution in [0, 0.1) is 83.9 Å². The van der Waals surface area contributed by atoms with Crippen molar-refractivity contribution in [1.82, 2.24) is 29.9 Å². The number of aromatic nitrogens is 6. The third-order valence-electron chi connectivity index (χ3n) is 26.0. The molecule has 0 aliphatic carbocycles. The number of nitrogens with zero attached hydrogens (tertiary/aromatic N) is 6. The number of hydrogen-bond acceptors (Lipinski definition) is 8. The second-order valence-corrected chi connectivity index (χ2v) is 61.2. The van der Waals surface area contributed by atoms with E-state index in [1.807, 2.05) is 285 Å². The molecule has 18 rings (SSSR count). The van der Waals surface area contributed by atoms with E-state index in [2.05, 4.69) is 273 Å². The molecule has 2 atom stereocenters. The van der Waals surface area contributed by atoms with E-state index in [1.165, 1.54) is 82.0 Å². The first-order valence-electron chi connectivity index (χ1n) is 50.0. The summed E-state index contributed by atoms with van der Waals surface area (Å²) < 4.78 is 29.6. The molecule has 0 aliphatic heterocycles. The van der Waals surface area contributed by atoms with Gasteiger partial charge in [0.25, 0.3) is 0 Å². The normalized spacial score (nSPS) is 11.6. The fraction of sp³-hybridized carbons (Fsp3) is 0.209. The number of hydrogen-bond donors (Lipinski definition) is 0. The summed E-state index contributed by atoms with van der Waals surface area (Å²) in [4.78, 5) is 27.4. The standard InChI is InChI=1S/C36H45BNSi.2C30H33NOPSi.3C11H8N.3Ir/c1-12-25(4)32-21-33(38-22-34(32)39(9,10)11)30-14-13-15-31(20-30)37(35-26(5)16-23(2)17-27(35)6)36-28(7)18-24(3)19-29(36)8;1-23(2)19-25-21-29(31-22-30(25)34(3,4)5)24-13-12-18-28(20-24)33(32,26-14-8-6-9-15-26)27-16-10-7-11-17-27;1-6-23(2)28-21-29(31-22-30(28)34(3,4)5)24-14-13-19-27(20-24)33(32,25-15-9-7-10-16-25)26-17-11-8-12-18-26;3*1-2-6-10(7-3-1)11-8-4-5-9-12-11;;;/h13,15-22,25H,12H2,1-11H3;6-12,14-18,20-23H,19H2,1-5H3;7-13,15-23H,6H2,1-5H3;3*1-6,8-9H;;;/q6*-1;;;. The molecule has 8 nitrogen and oxygen atoms in total. The van der Waals surface area contributed by atoms with E-state index in [-0.39, 0.29) is 67.0 Å². The third-order valence-corrected chi connectivity index (χ3v) is 38.2. The predicted octanol–water partition coefficient (Wildman–Crippen LogP) is 26.8. The molecule has 12 aromatic carbocycles. The average molecular weight is 2540 g/mol. The number of pyridine rings is 6. The summed E-state index contributed by atoms with van der Waals surface area (Å²) in [5.41, 5.74) is 28.1. The summed E-state index contributed by atoms with van der Waals surface area (Å²) >= 11 is 0. The van der Waals surface area contributed by atoms with Crippen molar-refractivity contribution >= 4 is 109 Å². The van der Waals surface area contributed by atoms with Crippen LogP contribution in [0.15, 0.2) is 383 Å². The van der Waals surface area contributed by atoms with Gasteiger partial charge in [-0.1, -0.05) is 372 Å². The Morgan fingerprint density at radius 3 is 0.863 bits per heavy atom. The minimum absolute atomic E-state index is 0. The van der Waals surface area contributed by atoms with Crippen molar-refractivity contribution in [3.63, 3.8) is 0 Å². The third kappa shape index (κ3) is 30.3. The zero-order chi connectivity index (χ0) is 102. The number of aryl methyl sites for hydroxylation is 6. The van der Waals surface area contributed by atoms with Crippen LogP contribution in [0.1, 0.15) is 116 Å². The molecule has 0 fully saturated rings. The van der Waals surface area contributed by atoms with Gasteiger partial charge in [0.2, 0.25) is 6.71 Å². The zero-order valence-corrected chi connectivity index (χ0v) is 100. The summed E-state index contributed by atoms with van der Waals surface area (Å²) in [6, 6.07) is 135. The van der Waals surface area contributed by atoms with Crippen molar-refractivity contribution in [1.29, 1.82) is 0 Å². The Morgan fingerprint density at radius 1 is 0.288 bits per heavy atom. The van der Waals surface area contributed by atoms with Gasteiger partial charge in [0, 0.05) is 119 Å². The molecule has 0 aliphatic rings. The second kappa shape index (κ2) is 54.6. The molecular weight excluding hydrogens is 2400 g/mol. The summed E-state index contributed by atoms with van der Waals surface area (Å²) in [5, 5.41) is 9.26. The first-order valence-corrected chi connectivity index (χ1v) is 63.9. The van der Waals surface area contributed by atoms with Gasteiger partial charge in [0.05, 0.1) is 24.2 Å². The van der Waals surface area contributed by atoms with Crippen LogP contribution in [-0.4, -0.2) is 60.8 Å². The predicted molar refractivity (Wildman–Crippen MR) is 621 cm³/mol. The molecule has 0 saturated heterocycles. The summed E-state index contributed by atoms with van der Waals surface area (Å²) in [7, 11) is -10.6. The number of rotatable bonds is 24. The van der Waals surface area contributed by atoms with Crippen molar-refractivity contribution in [2.24, 2.45) is 5.92 Å². The fourth-order valence-corrected chi connectivity index (χ4v) is 28.7. The zero-order valence-electron chi connectivity index (χ0n) is 88.2. The fourth-order valence-electron chi connectivity index (χ4n) is 18.5. The second-order valence-electron chi connectivity index (χ2n) is 40.6. The maximum absolute atomic E-state index is 14.8. The Bertz CT molecular complexity index is 6800. The van der Waals surface area contributed by atoms with E-state index in [4.69, 9.17) is 15.0 Å². The minimum Gasteiger partial charge on any atom is -0.310 e. The van der Waals surface area contributed by atoms with E-state index < -0.39 is 38.5 Å². The van der Waals surface area contributed by atoms with Crippen LogP contribution in [0.5, 0.6) is 0 Å². The van der Waals surface area contributed by atoms with E-state index in [1.54, 1.807) is 18.6 Å². The SMILES string of the molecule is CC(C)Cc1cc(-c2[c-]ccc(P(=O)(c3ccccc3)c3ccccc3)c2)ncc1[Si](C)(C)C.CCC(C)c1cc(-c2[c-]ccc(B(c3c(C)cc(C)cc3C)c3c(C)cc(C)cc3C)c2)ncc1[Si](C)(C)C.CCC(C)c1cc(-c2[c-]ccc(P(=O)(c3ccccc3)c3ccccc3)c2)ncc1[Si](C)(C)C.[Ir].[Ir].[Ir].[c-]1ccccc1-c1ccccn1.[c-]1ccccc1-c1ccccn1.[c-]1ccccc1-c1ccccn1.